The maximum atomic E-state index is 13.0. The van der Waals surface area contributed by atoms with E-state index >= 15 is 0 Å². The number of ether oxygens (including phenoxy) is 1. The number of piperidine rings is 1. The van der Waals surface area contributed by atoms with E-state index in [-0.39, 0.29) is 18.2 Å². The van der Waals surface area contributed by atoms with Gasteiger partial charge in [0.1, 0.15) is 17.9 Å². The van der Waals surface area contributed by atoms with Crippen LogP contribution >= 0.6 is 0 Å². The van der Waals surface area contributed by atoms with Gasteiger partial charge in [-0.05, 0) is 68.4 Å². The van der Waals surface area contributed by atoms with Crippen LogP contribution in [-0.2, 0) is 17.8 Å². The predicted octanol–water partition coefficient (Wildman–Crippen LogP) is 5.08. The van der Waals surface area contributed by atoms with Gasteiger partial charge in [-0.3, -0.25) is 4.79 Å². The summed E-state index contributed by atoms with van der Waals surface area (Å²) in [5.41, 5.74) is 3.16. The van der Waals surface area contributed by atoms with Crippen LogP contribution in [0, 0.1) is 19.8 Å². The van der Waals surface area contributed by atoms with Gasteiger partial charge in [0, 0.05) is 42.4 Å². The summed E-state index contributed by atoms with van der Waals surface area (Å²) in [5.74, 6) is 0.851. The van der Waals surface area contributed by atoms with E-state index in [1.165, 1.54) is 5.56 Å². The van der Waals surface area contributed by atoms with Crippen LogP contribution in [0.2, 0.25) is 0 Å². The number of benzene rings is 2. The number of carbonyl (C=O) groups is 1. The van der Waals surface area contributed by atoms with Crippen LogP contribution in [0.1, 0.15) is 60.8 Å². The molecule has 2 atom stereocenters. The van der Waals surface area contributed by atoms with Crippen LogP contribution in [0.15, 0.2) is 51.7 Å². The number of aryl methyl sites for hydroxylation is 2. The van der Waals surface area contributed by atoms with Crippen LogP contribution in [0.5, 0.6) is 5.75 Å². The zero-order valence-corrected chi connectivity index (χ0v) is 21.2. The van der Waals surface area contributed by atoms with Gasteiger partial charge in [-0.2, -0.15) is 0 Å². The Morgan fingerprint density at radius 3 is 2.83 bits per heavy atom. The highest BCUT2D eigenvalue weighted by Gasteiger charge is 2.43. The molecule has 1 amide bonds. The number of nitrogens with zero attached hydrogens (tertiary/aromatic N) is 1. The second-order valence-corrected chi connectivity index (χ2v) is 10.5. The molecule has 0 spiro atoms. The molecule has 1 aliphatic carbocycles. The van der Waals surface area contributed by atoms with E-state index < -0.39 is 11.2 Å². The molecule has 2 fully saturated rings. The molecule has 0 unspecified atom stereocenters. The van der Waals surface area contributed by atoms with E-state index in [0.717, 1.165) is 42.2 Å². The first-order valence-electron chi connectivity index (χ1n) is 13.1. The minimum Gasteiger partial charge on any atom is -0.489 e. The number of aliphatic hydroxyl groups is 1. The number of rotatable bonds is 6. The number of carbonyl (C=O) groups excluding carboxylic acids is 1. The van der Waals surface area contributed by atoms with E-state index in [2.05, 4.69) is 13.0 Å². The van der Waals surface area contributed by atoms with Crippen molar-refractivity contribution in [3.05, 3.63) is 75.1 Å². The van der Waals surface area contributed by atoms with Crippen molar-refractivity contribution in [2.45, 2.75) is 71.0 Å². The first-order chi connectivity index (χ1) is 17.3. The molecule has 2 aliphatic rings. The van der Waals surface area contributed by atoms with E-state index in [4.69, 9.17) is 9.15 Å². The Kier molecular flexibility index (Phi) is 6.89. The van der Waals surface area contributed by atoms with Gasteiger partial charge in [-0.1, -0.05) is 37.1 Å². The van der Waals surface area contributed by atoms with Crippen molar-refractivity contribution in [3.63, 3.8) is 0 Å². The molecule has 1 saturated heterocycles. The average molecular weight is 490 g/mol. The lowest BCUT2D eigenvalue weighted by Crippen LogP contribution is -2.54. The van der Waals surface area contributed by atoms with Crippen molar-refractivity contribution in [2.75, 3.05) is 13.1 Å². The summed E-state index contributed by atoms with van der Waals surface area (Å²) in [6, 6.07) is 13.6. The Labute approximate surface area is 211 Å². The SMILES string of the molecule is Cc1ccccc1COc1ccc2c(C)c(CCC(=O)N3CC[C@]4(O)CCCC[C@@H]4C3)c(=O)oc2c1. The van der Waals surface area contributed by atoms with Crippen LogP contribution in [0.25, 0.3) is 11.0 Å². The lowest BCUT2D eigenvalue weighted by molar-refractivity contribution is -0.143. The molecule has 1 saturated carbocycles. The van der Waals surface area contributed by atoms with Crippen molar-refractivity contribution in [1.82, 2.24) is 4.90 Å². The fraction of sp³-hybridized carbons (Fsp3) is 0.467. The highest BCUT2D eigenvalue weighted by Crippen LogP contribution is 2.40. The molecule has 0 bridgehead atoms. The molecule has 1 aliphatic heterocycles. The minimum atomic E-state index is -0.604. The number of likely N-dealkylation sites (tertiary alicyclic amines) is 1. The molecular weight excluding hydrogens is 454 g/mol. The second-order valence-electron chi connectivity index (χ2n) is 10.5. The molecule has 5 rings (SSSR count). The van der Waals surface area contributed by atoms with Crippen LogP contribution in [0.4, 0.5) is 0 Å². The molecule has 6 heteroatoms. The van der Waals surface area contributed by atoms with Crippen molar-refractivity contribution in [2.24, 2.45) is 5.92 Å². The van der Waals surface area contributed by atoms with Crippen molar-refractivity contribution >= 4 is 16.9 Å². The summed E-state index contributed by atoms with van der Waals surface area (Å²) >= 11 is 0. The Hall–Kier alpha value is -3.12. The number of amides is 1. The Morgan fingerprint density at radius 2 is 2.00 bits per heavy atom. The summed E-state index contributed by atoms with van der Waals surface area (Å²) in [7, 11) is 0. The van der Waals surface area contributed by atoms with Crippen LogP contribution in [0.3, 0.4) is 0 Å². The largest absolute Gasteiger partial charge is 0.489 e. The lowest BCUT2D eigenvalue weighted by atomic mass is 9.71. The quantitative estimate of drug-likeness (QED) is 0.489. The van der Waals surface area contributed by atoms with E-state index in [1.807, 2.05) is 42.2 Å². The van der Waals surface area contributed by atoms with E-state index in [1.54, 1.807) is 6.07 Å². The van der Waals surface area contributed by atoms with Crippen LogP contribution < -0.4 is 10.4 Å². The molecule has 1 aromatic heterocycles. The van der Waals surface area contributed by atoms with Crippen molar-refractivity contribution in [3.8, 4) is 5.75 Å². The Balaban J connectivity index is 1.26. The zero-order chi connectivity index (χ0) is 25.3. The Morgan fingerprint density at radius 1 is 1.17 bits per heavy atom. The van der Waals surface area contributed by atoms with Crippen molar-refractivity contribution in [1.29, 1.82) is 0 Å². The summed E-state index contributed by atoms with van der Waals surface area (Å²) in [4.78, 5) is 27.7. The molecule has 0 radical (unpaired) electrons. The fourth-order valence-electron chi connectivity index (χ4n) is 5.87. The normalized spacial score (nSPS) is 21.9. The van der Waals surface area contributed by atoms with Gasteiger partial charge in [-0.25, -0.2) is 4.79 Å². The van der Waals surface area contributed by atoms with Crippen LogP contribution in [-0.4, -0.2) is 34.6 Å². The molecular formula is C30H35NO5. The van der Waals surface area contributed by atoms with E-state index in [9.17, 15) is 14.7 Å². The maximum absolute atomic E-state index is 13.0. The molecule has 2 aromatic carbocycles. The highest BCUT2D eigenvalue weighted by atomic mass is 16.5. The second kappa shape index (κ2) is 10.1. The zero-order valence-electron chi connectivity index (χ0n) is 21.2. The monoisotopic (exact) mass is 489 g/mol. The van der Waals surface area contributed by atoms with Gasteiger partial charge in [0.05, 0.1) is 5.60 Å². The fourth-order valence-corrected chi connectivity index (χ4v) is 5.87. The Bertz CT molecular complexity index is 1330. The van der Waals surface area contributed by atoms with Gasteiger partial charge in [-0.15, -0.1) is 0 Å². The number of fused-ring (bicyclic) bond motifs is 2. The molecule has 2 heterocycles. The molecule has 36 heavy (non-hydrogen) atoms. The molecule has 6 nitrogen and oxygen atoms in total. The van der Waals surface area contributed by atoms with Gasteiger partial charge in [0.25, 0.3) is 0 Å². The summed E-state index contributed by atoms with van der Waals surface area (Å²) in [5, 5.41) is 11.7. The predicted molar refractivity (Wildman–Crippen MR) is 139 cm³/mol. The van der Waals surface area contributed by atoms with Crippen molar-refractivity contribution < 1.29 is 19.1 Å². The topological polar surface area (TPSA) is 80.0 Å². The third-order valence-electron chi connectivity index (χ3n) is 8.28. The summed E-state index contributed by atoms with van der Waals surface area (Å²) in [6.07, 6.45) is 5.26. The van der Waals surface area contributed by atoms with E-state index in [0.29, 0.717) is 49.4 Å². The summed E-state index contributed by atoms with van der Waals surface area (Å²) in [6.45, 7) is 5.61. The van der Waals surface area contributed by atoms with Gasteiger partial charge >= 0.3 is 5.63 Å². The average Bonchev–Trinajstić information content (AvgIpc) is 2.87. The third kappa shape index (κ3) is 4.92. The van der Waals surface area contributed by atoms with Gasteiger partial charge in [0.2, 0.25) is 5.91 Å². The van der Waals surface area contributed by atoms with Gasteiger partial charge in [0.15, 0.2) is 0 Å². The molecule has 1 N–H and O–H groups in total. The lowest BCUT2D eigenvalue weighted by Gasteiger charge is -2.47. The minimum absolute atomic E-state index is 0.0430. The maximum Gasteiger partial charge on any atom is 0.339 e. The molecule has 3 aromatic rings. The third-order valence-corrected chi connectivity index (χ3v) is 8.28. The highest BCUT2D eigenvalue weighted by molar-refractivity contribution is 5.83. The molecule has 190 valence electrons. The van der Waals surface area contributed by atoms with Gasteiger partial charge < -0.3 is 19.2 Å². The first-order valence-corrected chi connectivity index (χ1v) is 13.1. The smallest absolute Gasteiger partial charge is 0.339 e. The number of hydrogen-bond acceptors (Lipinski definition) is 5. The first kappa shape index (κ1) is 24.6. The number of hydrogen-bond donors (Lipinski definition) is 1. The summed E-state index contributed by atoms with van der Waals surface area (Å²) < 4.78 is 11.6. The standard InChI is InChI=1S/C30H35NO5/c1-20-7-3-4-8-22(20)19-35-24-10-11-25-21(2)26(29(33)36-27(25)17-24)12-13-28(32)31-16-15-30(34)14-6-5-9-23(30)18-31/h3-4,7-8,10-11,17,23,34H,5-6,9,12-16,18-19H2,1-2H3/t23-,30-/m1/s1.